The zero-order chi connectivity index (χ0) is 17.3. The molecule has 0 unspecified atom stereocenters. The number of halogens is 1. The number of anilines is 1. The molecule has 0 aromatic heterocycles. The fraction of sp³-hybridized carbons (Fsp3) is 0.263. The van der Waals surface area contributed by atoms with E-state index in [0.29, 0.717) is 17.7 Å². The number of hydrogen-bond donors (Lipinski definition) is 0. The Bertz CT molecular complexity index is 804. The SMILES string of the molecule is CC(=O)N1CCc2cc(C(=O)N(C)Cc3ccccc3F)ccc21. The van der Waals surface area contributed by atoms with Crippen molar-refractivity contribution in [1.82, 2.24) is 4.90 Å². The van der Waals surface area contributed by atoms with E-state index in [2.05, 4.69) is 0 Å². The maximum Gasteiger partial charge on any atom is 0.253 e. The number of rotatable bonds is 3. The minimum Gasteiger partial charge on any atom is -0.337 e. The second kappa shape index (κ2) is 6.43. The van der Waals surface area contributed by atoms with E-state index in [1.54, 1.807) is 36.2 Å². The van der Waals surface area contributed by atoms with Crippen LogP contribution >= 0.6 is 0 Å². The second-order valence-corrected chi connectivity index (χ2v) is 6.02. The molecule has 1 aliphatic heterocycles. The van der Waals surface area contributed by atoms with E-state index in [1.165, 1.54) is 17.9 Å². The molecule has 2 aromatic carbocycles. The smallest absolute Gasteiger partial charge is 0.253 e. The average molecular weight is 326 g/mol. The highest BCUT2D eigenvalue weighted by Gasteiger charge is 2.24. The lowest BCUT2D eigenvalue weighted by molar-refractivity contribution is -0.116. The molecular weight excluding hydrogens is 307 g/mol. The van der Waals surface area contributed by atoms with E-state index in [0.717, 1.165) is 17.7 Å². The summed E-state index contributed by atoms with van der Waals surface area (Å²) in [5, 5.41) is 0. The molecule has 0 spiro atoms. The molecule has 0 N–H and O–H groups in total. The Hall–Kier alpha value is -2.69. The lowest BCUT2D eigenvalue weighted by Gasteiger charge is -2.19. The predicted molar refractivity (Wildman–Crippen MR) is 90.4 cm³/mol. The summed E-state index contributed by atoms with van der Waals surface area (Å²) in [4.78, 5) is 27.4. The Kier molecular flexibility index (Phi) is 4.34. The molecule has 3 rings (SSSR count). The van der Waals surface area contributed by atoms with Gasteiger partial charge in [-0.05, 0) is 36.2 Å². The van der Waals surface area contributed by atoms with Gasteiger partial charge in [0.1, 0.15) is 5.82 Å². The van der Waals surface area contributed by atoms with Crippen molar-refractivity contribution in [3.8, 4) is 0 Å². The second-order valence-electron chi connectivity index (χ2n) is 6.02. The summed E-state index contributed by atoms with van der Waals surface area (Å²) in [7, 11) is 1.66. The molecule has 0 saturated heterocycles. The summed E-state index contributed by atoms with van der Waals surface area (Å²) in [6.45, 7) is 2.39. The van der Waals surface area contributed by atoms with Gasteiger partial charge in [0.2, 0.25) is 5.91 Å². The van der Waals surface area contributed by atoms with E-state index in [4.69, 9.17) is 0 Å². The molecule has 1 heterocycles. The molecule has 0 atom stereocenters. The lowest BCUT2D eigenvalue weighted by Crippen LogP contribution is -2.27. The van der Waals surface area contributed by atoms with Crippen LogP contribution in [0.3, 0.4) is 0 Å². The van der Waals surface area contributed by atoms with Crippen LogP contribution in [-0.2, 0) is 17.8 Å². The molecule has 2 amide bonds. The van der Waals surface area contributed by atoms with Crippen LogP contribution in [0, 0.1) is 5.82 Å². The van der Waals surface area contributed by atoms with E-state index in [-0.39, 0.29) is 24.2 Å². The topological polar surface area (TPSA) is 40.6 Å². The Balaban J connectivity index is 1.78. The molecule has 0 radical (unpaired) electrons. The van der Waals surface area contributed by atoms with Gasteiger partial charge in [-0.3, -0.25) is 9.59 Å². The number of hydrogen-bond acceptors (Lipinski definition) is 2. The van der Waals surface area contributed by atoms with Crippen LogP contribution in [-0.4, -0.2) is 30.3 Å². The summed E-state index contributed by atoms with van der Waals surface area (Å²) in [5.74, 6) is -0.477. The van der Waals surface area contributed by atoms with Crippen molar-refractivity contribution >= 4 is 17.5 Å². The van der Waals surface area contributed by atoms with Crippen LogP contribution in [0.1, 0.15) is 28.4 Å². The molecular formula is C19H19FN2O2. The molecule has 2 aromatic rings. The highest BCUT2D eigenvalue weighted by atomic mass is 19.1. The molecule has 0 saturated carbocycles. The first-order valence-corrected chi connectivity index (χ1v) is 7.87. The number of amides is 2. The van der Waals surface area contributed by atoms with Crippen molar-refractivity contribution in [2.45, 2.75) is 19.9 Å². The quantitative estimate of drug-likeness (QED) is 0.870. The fourth-order valence-corrected chi connectivity index (χ4v) is 3.04. The third-order valence-electron chi connectivity index (χ3n) is 4.31. The summed E-state index contributed by atoms with van der Waals surface area (Å²) < 4.78 is 13.7. The Morgan fingerprint density at radius 3 is 2.67 bits per heavy atom. The van der Waals surface area contributed by atoms with Crippen molar-refractivity contribution in [3.05, 3.63) is 65.0 Å². The van der Waals surface area contributed by atoms with Crippen molar-refractivity contribution < 1.29 is 14.0 Å². The number of carbonyl (C=O) groups excluding carboxylic acids is 2. The summed E-state index contributed by atoms with van der Waals surface area (Å²) in [6.07, 6.45) is 0.743. The normalized spacial score (nSPS) is 12.9. The van der Waals surface area contributed by atoms with E-state index in [9.17, 15) is 14.0 Å². The average Bonchev–Trinajstić information content (AvgIpc) is 2.99. The summed E-state index contributed by atoms with van der Waals surface area (Å²) in [6, 6.07) is 11.8. The first-order valence-electron chi connectivity index (χ1n) is 7.87. The van der Waals surface area contributed by atoms with Crippen LogP contribution in [0.5, 0.6) is 0 Å². The Morgan fingerprint density at radius 2 is 1.96 bits per heavy atom. The van der Waals surface area contributed by atoms with Gasteiger partial charge in [0, 0.05) is 43.9 Å². The Labute approximate surface area is 140 Å². The highest BCUT2D eigenvalue weighted by molar-refractivity contribution is 5.97. The molecule has 0 aliphatic carbocycles. The van der Waals surface area contributed by atoms with Crippen LogP contribution < -0.4 is 4.90 Å². The Morgan fingerprint density at radius 1 is 1.21 bits per heavy atom. The van der Waals surface area contributed by atoms with Crippen molar-refractivity contribution in [3.63, 3.8) is 0 Å². The minimum atomic E-state index is -0.316. The van der Waals surface area contributed by atoms with Crippen molar-refractivity contribution in [1.29, 1.82) is 0 Å². The highest BCUT2D eigenvalue weighted by Crippen LogP contribution is 2.29. The minimum absolute atomic E-state index is 0.00416. The van der Waals surface area contributed by atoms with Gasteiger partial charge in [0.25, 0.3) is 5.91 Å². The van der Waals surface area contributed by atoms with Gasteiger partial charge in [0.05, 0.1) is 0 Å². The van der Waals surface area contributed by atoms with Gasteiger partial charge in [-0.25, -0.2) is 4.39 Å². The zero-order valence-electron chi connectivity index (χ0n) is 13.8. The number of fused-ring (bicyclic) bond motifs is 1. The van der Waals surface area contributed by atoms with Gasteiger partial charge >= 0.3 is 0 Å². The van der Waals surface area contributed by atoms with E-state index in [1.807, 2.05) is 12.1 Å². The number of nitrogens with zero attached hydrogens (tertiary/aromatic N) is 2. The summed E-state index contributed by atoms with van der Waals surface area (Å²) in [5.41, 5.74) is 2.90. The third kappa shape index (κ3) is 3.02. The van der Waals surface area contributed by atoms with Gasteiger partial charge < -0.3 is 9.80 Å². The predicted octanol–water partition coefficient (Wildman–Crippen LogP) is 3.01. The third-order valence-corrected chi connectivity index (χ3v) is 4.31. The number of benzene rings is 2. The van der Waals surface area contributed by atoms with E-state index < -0.39 is 0 Å². The van der Waals surface area contributed by atoms with Crippen molar-refractivity contribution in [2.75, 3.05) is 18.5 Å². The molecule has 1 aliphatic rings. The lowest BCUT2D eigenvalue weighted by atomic mass is 10.1. The first-order chi connectivity index (χ1) is 11.5. The van der Waals surface area contributed by atoms with Crippen LogP contribution in [0.15, 0.2) is 42.5 Å². The monoisotopic (exact) mass is 326 g/mol. The molecule has 0 fully saturated rings. The van der Waals surface area contributed by atoms with Crippen LogP contribution in [0.25, 0.3) is 0 Å². The molecule has 24 heavy (non-hydrogen) atoms. The van der Waals surface area contributed by atoms with E-state index >= 15 is 0 Å². The first kappa shape index (κ1) is 16.2. The fourth-order valence-electron chi connectivity index (χ4n) is 3.04. The maximum absolute atomic E-state index is 13.7. The molecule has 124 valence electrons. The maximum atomic E-state index is 13.7. The number of carbonyl (C=O) groups is 2. The van der Waals surface area contributed by atoms with Gasteiger partial charge in [-0.15, -0.1) is 0 Å². The van der Waals surface area contributed by atoms with Crippen molar-refractivity contribution in [2.24, 2.45) is 0 Å². The molecule has 4 nitrogen and oxygen atoms in total. The van der Waals surface area contributed by atoms with Crippen LogP contribution in [0.2, 0.25) is 0 Å². The standard InChI is InChI=1S/C19H19FN2O2/c1-13(23)22-10-9-14-11-15(7-8-18(14)22)19(24)21(2)12-16-5-3-4-6-17(16)20/h3-8,11H,9-10,12H2,1-2H3. The molecule has 5 heteroatoms. The van der Waals surface area contributed by atoms with Gasteiger partial charge in [-0.2, -0.15) is 0 Å². The van der Waals surface area contributed by atoms with Crippen LogP contribution in [0.4, 0.5) is 10.1 Å². The largest absolute Gasteiger partial charge is 0.337 e. The van der Waals surface area contributed by atoms with Gasteiger partial charge in [0.15, 0.2) is 0 Å². The van der Waals surface area contributed by atoms with Gasteiger partial charge in [-0.1, -0.05) is 18.2 Å². The summed E-state index contributed by atoms with van der Waals surface area (Å²) >= 11 is 0. The molecule has 0 bridgehead atoms. The zero-order valence-corrected chi connectivity index (χ0v) is 13.8.